The van der Waals surface area contributed by atoms with Crippen LogP contribution in [0.5, 0.6) is 0 Å². The lowest BCUT2D eigenvalue weighted by molar-refractivity contribution is 0.0344. The number of benzene rings is 1. The van der Waals surface area contributed by atoms with Crippen LogP contribution < -0.4 is 0 Å². The topological polar surface area (TPSA) is 39.4 Å². The summed E-state index contributed by atoms with van der Waals surface area (Å²) in [6, 6.07) is 7.29. The molecule has 0 fully saturated rings. The highest BCUT2D eigenvalue weighted by Crippen LogP contribution is 2.23. The van der Waals surface area contributed by atoms with Gasteiger partial charge in [-0.2, -0.15) is 0 Å². The van der Waals surface area contributed by atoms with Gasteiger partial charge in [0.15, 0.2) is 0 Å². The van der Waals surface area contributed by atoms with Gasteiger partial charge in [0.1, 0.15) is 5.58 Å². The first-order chi connectivity index (χ1) is 7.56. The van der Waals surface area contributed by atoms with E-state index < -0.39 is 5.97 Å². The minimum Gasteiger partial charge on any atom is -0.457 e. The van der Waals surface area contributed by atoms with Gasteiger partial charge in [0.25, 0.3) is 0 Å². The summed E-state index contributed by atoms with van der Waals surface area (Å²) in [5.74, 6) is -0.191. The fraction of sp³-hybridized carbons (Fsp3) is 0.250. The monoisotopic (exact) mass is 282 g/mol. The van der Waals surface area contributed by atoms with Crippen LogP contribution in [0.1, 0.15) is 24.4 Å². The van der Waals surface area contributed by atoms with Gasteiger partial charge in [0.05, 0.1) is 6.10 Å². The molecule has 0 aliphatic heterocycles. The summed E-state index contributed by atoms with van der Waals surface area (Å²) in [6.45, 7) is 3.61. The molecule has 0 amide bonds. The fourth-order valence-corrected chi connectivity index (χ4v) is 1.72. The Morgan fingerprint density at radius 2 is 2.12 bits per heavy atom. The number of hydrogen-bond donors (Lipinski definition) is 0. The highest BCUT2D eigenvalue weighted by molar-refractivity contribution is 9.10. The molecule has 0 aliphatic carbocycles. The highest BCUT2D eigenvalue weighted by atomic mass is 79.9. The van der Waals surface area contributed by atoms with E-state index >= 15 is 0 Å². The molecule has 0 spiro atoms. The van der Waals surface area contributed by atoms with Gasteiger partial charge in [-0.3, -0.25) is 0 Å². The first-order valence-corrected chi connectivity index (χ1v) is 5.75. The van der Waals surface area contributed by atoms with Crippen LogP contribution in [0.3, 0.4) is 0 Å². The van der Waals surface area contributed by atoms with E-state index in [4.69, 9.17) is 9.15 Å². The maximum atomic E-state index is 11.6. The van der Waals surface area contributed by atoms with Crippen molar-refractivity contribution in [1.82, 2.24) is 0 Å². The summed E-state index contributed by atoms with van der Waals surface area (Å²) in [6.07, 6.45) is -0.146. The molecule has 0 atom stereocenters. The Bertz CT molecular complexity index is 528. The van der Waals surface area contributed by atoms with E-state index in [2.05, 4.69) is 15.9 Å². The third kappa shape index (κ3) is 2.27. The molecule has 1 aromatic carbocycles. The summed E-state index contributed by atoms with van der Waals surface area (Å²) in [5.41, 5.74) is 0.671. The average Bonchev–Trinajstić information content (AvgIpc) is 2.59. The quantitative estimate of drug-likeness (QED) is 0.788. The first-order valence-electron chi connectivity index (χ1n) is 4.96. The molecule has 1 aromatic heterocycles. The maximum Gasteiger partial charge on any atom is 0.374 e. The first kappa shape index (κ1) is 11.2. The van der Waals surface area contributed by atoms with Crippen LogP contribution in [0.2, 0.25) is 0 Å². The number of halogens is 1. The van der Waals surface area contributed by atoms with E-state index in [1.54, 1.807) is 19.9 Å². The number of hydrogen-bond acceptors (Lipinski definition) is 3. The lowest BCUT2D eigenvalue weighted by Crippen LogP contribution is -2.10. The van der Waals surface area contributed by atoms with E-state index in [9.17, 15) is 4.79 Å². The van der Waals surface area contributed by atoms with Crippen molar-refractivity contribution < 1.29 is 13.9 Å². The van der Waals surface area contributed by atoms with Crippen molar-refractivity contribution in [3.8, 4) is 0 Å². The molecule has 84 valence electrons. The Balaban J connectivity index is 2.36. The molecule has 0 aliphatic rings. The Kier molecular flexibility index (Phi) is 3.01. The van der Waals surface area contributed by atoms with Crippen LogP contribution in [-0.2, 0) is 4.74 Å². The summed E-state index contributed by atoms with van der Waals surface area (Å²) in [7, 11) is 0. The van der Waals surface area contributed by atoms with E-state index in [-0.39, 0.29) is 11.9 Å². The summed E-state index contributed by atoms with van der Waals surface area (Å²) in [5, 5.41) is 0.888. The predicted molar refractivity (Wildman–Crippen MR) is 64.5 cm³/mol. The number of carbonyl (C=O) groups excluding carboxylic acids is 1. The van der Waals surface area contributed by atoms with E-state index in [0.717, 1.165) is 9.86 Å². The van der Waals surface area contributed by atoms with Crippen molar-refractivity contribution in [2.24, 2.45) is 0 Å². The second kappa shape index (κ2) is 4.29. The zero-order valence-corrected chi connectivity index (χ0v) is 10.6. The molecule has 4 heteroatoms. The van der Waals surface area contributed by atoms with Gasteiger partial charge in [0, 0.05) is 9.86 Å². The van der Waals surface area contributed by atoms with Crippen LogP contribution in [0, 0.1) is 0 Å². The SMILES string of the molecule is CC(C)OC(=O)c1cc2ccc(Br)cc2o1. The summed E-state index contributed by atoms with van der Waals surface area (Å²) < 4.78 is 11.4. The van der Waals surface area contributed by atoms with E-state index in [1.165, 1.54) is 0 Å². The smallest absolute Gasteiger partial charge is 0.374 e. The minimum atomic E-state index is -0.428. The van der Waals surface area contributed by atoms with Crippen LogP contribution in [0.25, 0.3) is 11.0 Å². The van der Waals surface area contributed by atoms with Gasteiger partial charge in [0.2, 0.25) is 5.76 Å². The second-order valence-corrected chi connectivity index (χ2v) is 4.66. The largest absolute Gasteiger partial charge is 0.457 e. The van der Waals surface area contributed by atoms with Gasteiger partial charge >= 0.3 is 5.97 Å². The predicted octanol–water partition coefficient (Wildman–Crippen LogP) is 3.76. The van der Waals surface area contributed by atoms with Gasteiger partial charge in [-0.25, -0.2) is 4.79 Å². The highest BCUT2D eigenvalue weighted by Gasteiger charge is 2.14. The molecule has 0 saturated heterocycles. The minimum absolute atomic E-state index is 0.146. The molecule has 2 aromatic rings. The average molecular weight is 283 g/mol. The molecule has 2 rings (SSSR count). The van der Waals surface area contributed by atoms with Crippen LogP contribution >= 0.6 is 15.9 Å². The Morgan fingerprint density at radius 1 is 1.38 bits per heavy atom. The molecule has 0 N–H and O–H groups in total. The van der Waals surface area contributed by atoms with Gasteiger partial charge in [-0.05, 0) is 38.1 Å². The van der Waals surface area contributed by atoms with Crippen molar-refractivity contribution in [2.45, 2.75) is 20.0 Å². The van der Waals surface area contributed by atoms with Crippen LogP contribution in [0.15, 0.2) is 33.2 Å². The third-order valence-electron chi connectivity index (χ3n) is 2.03. The molecule has 1 heterocycles. The van der Waals surface area contributed by atoms with Gasteiger partial charge in [-0.1, -0.05) is 15.9 Å². The van der Waals surface area contributed by atoms with Crippen LogP contribution in [0.4, 0.5) is 0 Å². The number of esters is 1. The molecular formula is C12H11BrO3. The molecule has 16 heavy (non-hydrogen) atoms. The molecule has 0 bridgehead atoms. The second-order valence-electron chi connectivity index (χ2n) is 3.75. The fourth-order valence-electron chi connectivity index (χ4n) is 1.38. The molecule has 0 radical (unpaired) electrons. The standard InChI is InChI=1S/C12H11BrO3/c1-7(2)15-12(14)11-5-8-3-4-9(13)6-10(8)16-11/h3-7H,1-2H3. The van der Waals surface area contributed by atoms with Crippen molar-refractivity contribution in [2.75, 3.05) is 0 Å². The number of rotatable bonds is 2. The maximum absolute atomic E-state index is 11.6. The van der Waals surface area contributed by atoms with Crippen molar-refractivity contribution in [3.63, 3.8) is 0 Å². The van der Waals surface area contributed by atoms with E-state index in [0.29, 0.717) is 5.58 Å². The lowest BCUT2D eigenvalue weighted by atomic mass is 10.2. The van der Waals surface area contributed by atoms with E-state index in [1.807, 2.05) is 18.2 Å². The summed E-state index contributed by atoms with van der Waals surface area (Å²) in [4.78, 5) is 11.6. The number of fused-ring (bicyclic) bond motifs is 1. The Hall–Kier alpha value is -1.29. The Labute approximate surface area is 102 Å². The number of ether oxygens (including phenoxy) is 1. The normalized spacial score (nSPS) is 11.0. The zero-order chi connectivity index (χ0) is 11.7. The Morgan fingerprint density at radius 3 is 2.81 bits per heavy atom. The third-order valence-corrected chi connectivity index (χ3v) is 2.52. The number of carbonyl (C=O) groups is 1. The molecule has 0 saturated carbocycles. The van der Waals surface area contributed by atoms with Gasteiger partial charge < -0.3 is 9.15 Å². The van der Waals surface area contributed by atoms with Crippen molar-refractivity contribution in [1.29, 1.82) is 0 Å². The molecular weight excluding hydrogens is 272 g/mol. The van der Waals surface area contributed by atoms with Crippen molar-refractivity contribution in [3.05, 3.63) is 34.5 Å². The molecule has 0 unspecified atom stereocenters. The molecule has 3 nitrogen and oxygen atoms in total. The zero-order valence-electron chi connectivity index (χ0n) is 8.99. The van der Waals surface area contributed by atoms with Crippen molar-refractivity contribution >= 4 is 32.9 Å². The van der Waals surface area contributed by atoms with Crippen LogP contribution in [-0.4, -0.2) is 12.1 Å². The lowest BCUT2D eigenvalue weighted by Gasteiger charge is -2.04. The van der Waals surface area contributed by atoms with Gasteiger partial charge in [-0.15, -0.1) is 0 Å². The summed E-state index contributed by atoms with van der Waals surface area (Å²) >= 11 is 3.34. The number of furan rings is 1.